The third-order valence-electron chi connectivity index (χ3n) is 3.57. The highest BCUT2D eigenvalue weighted by Gasteiger charge is 2.09. The van der Waals surface area contributed by atoms with Gasteiger partial charge in [0.1, 0.15) is 11.4 Å². The molecule has 1 aromatic carbocycles. The van der Waals surface area contributed by atoms with Crippen molar-refractivity contribution in [3.05, 3.63) is 47.8 Å². The Hall–Kier alpha value is -2.63. The number of unbranched alkanes of at least 4 members (excludes halogenated alkanes) is 1. The first kappa shape index (κ1) is 17.7. The molecule has 1 aromatic heterocycles. The van der Waals surface area contributed by atoms with Crippen molar-refractivity contribution in [2.24, 2.45) is 0 Å². The fraction of sp³-hybridized carbons (Fsp3) is 0.389. The van der Waals surface area contributed by atoms with Crippen LogP contribution in [0.1, 0.15) is 35.8 Å². The van der Waals surface area contributed by atoms with Gasteiger partial charge in [0.25, 0.3) is 5.91 Å². The minimum absolute atomic E-state index is 0.203. The van der Waals surface area contributed by atoms with Crippen LogP contribution >= 0.6 is 0 Å². The predicted octanol–water partition coefficient (Wildman–Crippen LogP) is 2.67. The van der Waals surface area contributed by atoms with Crippen LogP contribution in [0.15, 0.2) is 36.5 Å². The summed E-state index contributed by atoms with van der Waals surface area (Å²) in [7, 11) is 1.64. The van der Waals surface area contributed by atoms with Crippen LogP contribution in [0.5, 0.6) is 5.75 Å². The summed E-state index contributed by atoms with van der Waals surface area (Å²) in [5, 5.41) is 6.00. The molecule has 1 amide bonds. The topological polar surface area (TPSA) is 76.1 Å². The Labute approximate surface area is 142 Å². The number of hydrogen-bond acceptors (Lipinski definition) is 5. The number of anilines is 1. The lowest BCUT2D eigenvalue weighted by atomic mass is 10.1. The number of methoxy groups -OCH3 is 1. The second-order valence-electron chi connectivity index (χ2n) is 5.36. The number of para-hydroxylation sites is 1. The SMILES string of the molecule is CCCCNc1nccc(C(=O)NCCc2ccccc2OC)n1. The van der Waals surface area contributed by atoms with Gasteiger partial charge in [-0.2, -0.15) is 0 Å². The molecule has 0 fully saturated rings. The van der Waals surface area contributed by atoms with E-state index in [-0.39, 0.29) is 5.91 Å². The fourth-order valence-corrected chi connectivity index (χ4v) is 2.26. The summed E-state index contributed by atoms with van der Waals surface area (Å²) in [6.45, 7) is 3.44. The van der Waals surface area contributed by atoms with Crippen molar-refractivity contribution in [3.8, 4) is 5.75 Å². The first-order valence-electron chi connectivity index (χ1n) is 8.21. The van der Waals surface area contributed by atoms with Crippen molar-refractivity contribution in [2.45, 2.75) is 26.2 Å². The Morgan fingerprint density at radius 2 is 2.04 bits per heavy atom. The number of benzene rings is 1. The molecule has 0 spiro atoms. The molecule has 1 heterocycles. The van der Waals surface area contributed by atoms with Gasteiger partial charge in [-0.25, -0.2) is 9.97 Å². The highest BCUT2D eigenvalue weighted by molar-refractivity contribution is 5.92. The first-order chi connectivity index (χ1) is 11.7. The maximum absolute atomic E-state index is 12.2. The second kappa shape index (κ2) is 9.50. The highest BCUT2D eigenvalue weighted by Crippen LogP contribution is 2.17. The lowest BCUT2D eigenvalue weighted by molar-refractivity contribution is 0.0949. The molecule has 0 saturated carbocycles. The molecule has 2 rings (SSSR count). The van der Waals surface area contributed by atoms with E-state index in [9.17, 15) is 4.79 Å². The third kappa shape index (κ3) is 5.22. The highest BCUT2D eigenvalue weighted by atomic mass is 16.5. The van der Waals surface area contributed by atoms with Crippen LogP contribution < -0.4 is 15.4 Å². The van der Waals surface area contributed by atoms with Gasteiger partial charge in [-0.3, -0.25) is 4.79 Å². The van der Waals surface area contributed by atoms with Crippen molar-refractivity contribution in [1.29, 1.82) is 0 Å². The molecule has 0 saturated heterocycles. The summed E-state index contributed by atoms with van der Waals surface area (Å²) >= 11 is 0. The van der Waals surface area contributed by atoms with Gasteiger partial charge in [0.2, 0.25) is 5.95 Å². The Morgan fingerprint density at radius 1 is 1.21 bits per heavy atom. The van der Waals surface area contributed by atoms with E-state index in [0.717, 1.165) is 30.7 Å². The smallest absolute Gasteiger partial charge is 0.270 e. The molecular weight excluding hydrogens is 304 g/mol. The zero-order valence-electron chi connectivity index (χ0n) is 14.2. The van der Waals surface area contributed by atoms with E-state index < -0.39 is 0 Å². The molecule has 2 N–H and O–H groups in total. The summed E-state index contributed by atoms with van der Waals surface area (Å²) in [4.78, 5) is 20.6. The summed E-state index contributed by atoms with van der Waals surface area (Å²) in [5.74, 6) is 1.11. The van der Waals surface area contributed by atoms with Crippen LogP contribution in [0.25, 0.3) is 0 Å². The fourth-order valence-electron chi connectivity index (χ4n) is 2.26. The number of rotatable bonds is 9. The molecule has 0 aliphatic rings. The van der Waals surface area contributed by atoms with E-state index in [0.29, 0.717) is 24.6 Å². The number of nitrogens with one attached hydrogen (secondary N) is 2. The van der Waals surface area contributed by atoms with Crippen LogP contribution in [0, 0.1) is 0 Å². The molecule has 24 heavy (non-hydrogen) atoms. The van der Waals surface area contributed by atoms with E-state index in [1.165, 1.54) is 0 Å². The van der Waals surface area contributed by atoms with Gasteiger partial charge in [0.05, 0.1) is 7.11 Å². The maximum atomic E-state index is 12.2. The van der Waals surface area contributed by atoms with Crippen LogP contribution in [0.2, 0.25) is 0 Å². The average Bonchev–Trinajstić information content (AvgIpc) is 2.62. The van der Waals surface area contributed by atoms with Crippen LogP contribution in [-0.2, 0) is 6.42 Å². The Kier molecular flexibility index (Phi) is 7.01. The molecule has 0 aliphatic heterocycles. The molecular formula is C18H24N4O2. The van der Waals surface area contributed by atoms with E-state index in [1.54, 1.807) is 19.4 Å². The molecule has 6 nitrogen and oxygen atoms in total. The number of nitrogens with zero attached hydrogens (tertiary/aromatic N) is 2. The zero-order valence-corrected chi connectivity index (χ0v) is 14.2. The minimum atomic E-state index is -0.203. The van der Waals surface area contributed by atoms with Crippen molar-refractivity contribution in [2.75, 3.05) is 25.5 Å². The van der Waals surface area contributed by atoms with Gasteiger partial charge >= 0.3 is 0 Å². The van der Waals surface area contributed by atoms with Gasteiger partial charge in [-0.15, -0.1) is 0 Å². The Morgan fingerprint density at radius 3 is 2.83 bits per heavy atom. The normalized spacial score (nSPS) is 10.2. The molecule has 128 valence electrons. The van der Waals surface area contributed by atoms with Crippen LogP contribution in [0.3, 0.4) is 0 Å². The number of amides is 1. The van der Waals surface area contributed by atoms with Crippen molar-refractivity contribution in [3.63, 3.8) is 0 Å². The van der Waals surface area contributed by atoms with Gasteiger partial charge in [0, 0.05) is 19.3 Å². The van der Waals surface area contributed by atoms with Crippen molar-refractivity contribution >= 4 is 11.9 Å². The summed E-state index contributed by atoms with van der Waals surface area (Å²) in [6, 6.07) is 9.40. The minimum Gasteiger partial charge on any atom is -0.496 e. The van der Waals surface area contributed by atoms with Gasteiger partial charge in [-0.1, -0.05) is 31.5 Å². The van der Waals surface area contributed by atoms with Crippen molar-refractivity contribution in [1.82, 2.24) is 15.3 Å². The Balaban J connectivity index is 1.87. The number of hydrogen-bond donors (Lipinski definition) is 2. The van der Waals surface area contributed by atoms with Gasteiger partial charge < -0.3 is 15.4 Å². The second-order valence-corrected chi connectivity index (χ2v) is 5.36. The van der Waals surface area contributed by atoms with Crippen LogP contribution in [0.4, 0.5) is 5.95 Å². The Bertz CT molecular complexity index is 661. The van der Waals surface area contributed by atoms with E-state index in [1.807, 2.05) is 24.3 Å². The molecule has 0 bridgehead atoms. The third-order valence-corrected chi connectivity index (χ3v) is 3.57. The average molecular weight is 328 g/mol. The van der Waals surface area contributed by atoms with E-state index in [2.05, 4.69) is 27.5 Å². The molecule has 0 unspecified atom stereocenters. The summed E-state index contributed by atoms with van der Waals surface area (Å²) in [6.07, 6.45) is 4.42. The zero-order chi connectivity index (χ0) is 17.2. The first-order valence-corrected chi connectivity index (χ1v) is 8.21. The quantitative estimate of drug-likeness (QED) is 0.692. The number of aromatic nitrogens is 2. The largest absolute Gasteiger partial charge is 0.496 e. The molecule has 0 radical (unpaired) electrons. The summed E-state index contributed by atoms with van der Waals surface area (Å²) in [5.41, 5.74) is 1.42. The lowest BCUT2D eigenvalue weighted by Crippen LogP contribution is -2.27. The molecule has 0 atom stereocenters. The maximum Gasteiger partial charge on any atom is 0.270 e. The van der Waals surface area contributed by atoms with Gasteiger partial charge in [-0.05, 0) is 30.5 Å². The van der Waals surface area contributed by atoms with Gasteiger partial charge in [0.15, 0.2) is 0 Å². The van der Waals surface area contributed by atoms with E-state index >= 15 is 0 Å². The van der Waals surface area contributed by atoms with E-state index in [4.69, 9.17) is 4.74 Å². The number of carbonyl (C=O) groups excluding carboxylic acids is 1. The number of ether oxygens (including phenoxy) is 1. The van der Waals surface area contributed by atoms with Crippen molar-refractivity contribution < 1.29 is 9.53 Å². The molecule has 0 aliphatic carbocycles. The summed E-state index contributed by atoms with van der Waals surface area (Å²) < 4.78 is 5.31. The standard InChI is InChI=1S/C18H24N4O2/c1-3-4-11-20-18-21-13-10-15(22-18)17(23)19-12-9-14-7-5-6-8-16(14)24-2/h5-8,10,13H,3-4,9,11-12H2,1-2H3,(H,19,23)(H,20,21,22). The lowest BCUT2D eigenvalue weighted by Gasteiger charge is -2.09. The monoisotopic (exact) mass is 328 g/mol. The molecule has 2 aromatic rings. The number of carbonyl (C=O) groups is 1. The van der Waals surface area contributed by atoms with Crippen LogP contribution in [-0.4, -0.2) is 36.1 Å². The predicted molar refractivity (Wildman–Crippen MR) is 94.5 cm³/mol. The molecule has 6 heteroatoms.